The van der Waals surface area contributed by atoms with Crippen molar-refractivity contribution in [2.24, 2.45) is 0 Å². The molecule has 0 saturated heterocycles. The number of hydrogen-bond acceptors (Lipinski definition) is 3. The largest absolute Gasteiger partial charge is 0.370 e. The van der Waals surface area contributed by atoms with Gasteiger partial charge in [0.15, 0.2) is 0 Å². The van der Waals surface area contributed by atoms with Crippen LogP contribution in [0.1, 0.15) is 50.5 Å². The van der Waals surface area contributed by atoms with E-state index in [1.165, 1.54) is 6.42 Å². The summed E-state index contributed by atoms with van der Waals surface area (Å²) in [6.45, 7) is 2.01. The molecule has 17 heavy (non-hydrogen) atoms. The highest BCUT2D eigenvalue weighted by molar-refractivity contribution is 5.10. The van der Waals surface area contributed by atoms with E-state index in [2.05, 4.69) is 9.97 Å². The van der Waals surface area contributed by atoms with Crippen molar-refractivity contribution in [2.75, 3.05) is 7.11 Å². The smallest absolute Gasteiger partial charge is 0.251 e. The molecule has 0 aliphatic heterocycles. The number of ether oxygens (including phenoxy) is 1. The van der Waals surface area contributed by atoms with Crippen LogP contribution in [0.4, 0.5) is 0 Å². The van der Waals surface area contributed by atoms with E-state index in [0.29, 0.717) is 5.82 Å². The minimum atomic E-state index is -0.372. The molecule has 1 N–H and O–H groups in total. The Bertz CT molecular complexity index is 433. The number of H-pyrrole nitrogens is 1. The minimum Gasteiger partial charge on any atom is -0.370 e. The van der Waals surface area contributed by atoms with Gasteiger partial charge in [-0.1, -0.05) is 26.2 Å². The Kier molecular flexibility index (Phi) is 3.62. The predicted molar refractivity (Wildman–Crippen MR) is 66.0 cm³/mol. The lowest BCUT2D eigenvalue weighted by Crippen LogP contribution is -2.35. The number of nitrogens with zero attached hydrogens (tertiary/aromatic N) is 1. The lowest BCUT2D eigenvalue weighted by atomic mass is 9.84. The zero-order valence-electron chi connectivity index (χ0n) is 10.6. The first-order chi connectivity index (χ1) is 8.20. The average molecular weight is 236 g/mol. The molecule has 0 atom stereocenters. The van der Waals surface area contributed by atoms with E-state index in [1.54, 1.807) is 13.2 Å². The Morgan fingerprint density at radius 3 is 2.71 bits per heavy atom. The van der Waals surface area contributed by atoms with Crippen molar-refractivity contribution >= 4 is 0 Å². The maximum Gasteiger partial charge on any atom is 0.251 e. The van der Waals surface area contributed by atoms with Crippen LogP contribution in [0.15, 0.2) is 10.9 Å². The van der Waals surface area contributed by atoms with Gasteiger partial charge in [0.05, 0.1) is 0 Å². The summed E-state index contributed by atoms with van der Waals surface area (Å²) in [5.41, 5.74) is 0.391. The second-order valence-electron chi connectivity index (χ2n) is 4.70. The number of hydrogen-bond donors (Lipinski definition) is 1. The quantitative estimate of drug-likeness (QED) is 0.874. The van der Waals surface area contributed by atoms with Gasteiger partial charge in [-0.25, -0.2) is 4.98 Å². The standard InChI is InChI=1S/C13H20N2O2/c1-3-10-9-11(16)15-12(14-10)13(17-2)7-5-4-6-8-13/h9H,3-8H2,1-2H3,(H,14,15,16). The third kappa shape index (κ3) is 2.41. The molecule has 2 rings (SSSR count). The van der Waals surface area contributed by atoms with Crippen molar-refractivity contribution in [3.63, 3.8) is 0 Å². The van der Waals surface area contributed by atoms with E-state index in [4.69, 9.17) is 4.74 Å². The highest BCUT2D eigenvalue weighted by atomic mass is 16.5. The van der Waals surface area contributed by atoms with E-state index in [0.717, 1.165) is 37.8 Å². The lowest BCUT2D eigenvalue weighted by molar-refractivity contribution is -0.0518. The highest BCUT2D eigenvalue weighted by Crippen LogP contribution is 2.37. The van der Waals surface area contributed by atoms with Crippen molar-refractivity contribution in [2.45, 2.75) is 51.0 Å². The third-order valence-electron chi connectivity index (χ3n) is 3.64. The molecule has 0 amide bonds. The van der Waals surface area contributed by atoms with Gasteiger partial charge in [0, 0.05) is 18.9 Å². The summed E-state index contributed by atoms with van der Waals surface area (Å²) in [6.07, 6.45) is 6.17. The molecular formula is C13H20N2O2. The molecule has 0 radical (unpaired) electrons. The average Bonchev–Trinajstić information content (AvgIpc) is 2.38. The molecule has 1 heterocycles. The predicted octanol–water partition coefficient (Wildman–Crippen LogP) is 2.14. The Morgan fingerprint density at radius 2 is 2.12 bits per heavy atom. The Hall–Kier alpha value is -1.16. The van der Waals surface area contributed by atoms with Crippen molar-refractivity contribution in [1.82, 2.24) is 9.97 Å². The Morgan fingerprint density at radius 1 is 1.41 bits per heavy atom. The number of aromatic nitrogens is 2. The molecule has 0 aromatic carbocycles. The maximum absolute atomic E-state index is 11.6. The van der Waals surface area contributed by atoms with Crippen LogP contribution in [-0.2, 0) is 16.8 Å². The number of rotatable bonds is 3. The van der Waals surface area contributed by atoms with E-state index < -0.39 is 0 Å². The van der Waals surface area contributed by atoms with Crippen molar-refractivity contribution in [1.29, 1.82) is 0 Å². The molecule has 1 aliphatic rings. The summed E-state index contributed by atoms with van der Waals surface area (Å²) in [5.74, 6) is 0.712. The van der Waals surface area contributed by atoms with E-state index in [9.17, 15) is 4.79 Å². The van der Waals surface area contributed by atoms with Crippen LogP contribution in [0.5, 0.6) is 0 Å². The van der Waals surface area contributed by atoms with Crippen molar-refractivity contribution in [3.8, 4) is 0 Å². The Labute approximate surface area is 101 Å². The molecule has 1 aromatic rings. The monoisotopic (exact) mass is 236 g/mol. The minimum absolute atomic E-state index is 0.0751. The van der Waals surface area contributed by atoms with Crippen LogP contribution in [0.3, 0.4) is 0 Å². The van der Waals surface area contributed by atoms with Gasteiger partial charge in [-0.15, -0.1) is 0 Å². The topological polar surface area (TPSA) is 55.0 Å². The number of methoxy groups -OCH3 is 1. The zero-order chi connectivity index (χ0) is 12.3. The fourth-order valence-electron chi connectivity index (χ4n) is 2.57. The van der Waals surface area contributed by atoms with Crippen LogP contribution in [-0.4, -0.2) is 17.1 Å². The first-order valence-electron chi connectivity index (χ1n) is 6.36. The molecule has 1 fully saturated rings. The molecule has 1 aliphatic carbocycles. The van der Waals surface area contributed by atoms with E-state index in [1.807, 2.05) is 6.92 Å². The van der Waals surface area contributed by atoms with Gasteiger partial charge in [-0.05, 0) is 19.3 Å². The fourth-order valence-corrected chi connectivity index (χ4v) is 2.57. The van der Waals surface area contributed by atoms with Gasteiger partial charge in [-0.2, -0.15) is 0 Å². The molecule has 1 saturated carbocycles. The fraction of sp³-hybridized carbons (Fsp3) is 0.692. The van der Waals surface area contributed by atoms with E-state index in [-0.39, 0.29) is 11.2 Å². The number of nitrogens with one attached hydrogen (secondary N) is 1. The first kappa shape index (κ1) is 12.3. The molecule has 0 spiro atoms. The molecule has 0 bridgehead atoms. The molecule has 0 unspecified atom stereocenters. The third-order valence-corrected chi connectivity index (χ3v) is 3.64. The van der Waals surface area contributed by atoms with Crippen molar-refractivity contribution in [3.05, 3.63) is 27.9 Å². The van der Waals surface area contributed by atoms with Gasteiger partial charge < -0.3 is 9.72 Å². The van der Waals surface area contributed by atoms with Crippen LogP contribution in [0, 0.1) is 0 Å². The number of aromatic amines is 1. The van der Waals surface area contributed by atoms with Crippen LogP contribution >= 0.6 is 0 Å². The van der Waals surface area contributed by atoms with Crippen LogP contribution in [0.2, 0.25) is 0 Å². The zero-order valence-corrected chi connectivity index (χ0v) is 10.6. The summed E-state index contributed by atoms with van der Waals surface area (Å²) < 4.78 is 5.69. The summed E-state index contributed by atoms with van der Waals surface area (Å²) in [4.78, 5) is 19.0. The summed E-state index contributed by atoms with van der Waals surface area (Å²) in [6, 6.07) is 1.57. The van der Waals surface area contributed by atoms with Gasteiger partial charge in [0.25, 0.3) is 5.56 Å². The lowest BCUT2D eigenvalue weighted by Gasteiger charge is -2.34. The molecule has 4 heteroatoms. The Balaban J connectivity index is 2.42. The normalized spacial score (nSPS) is 19.2. The first-order valence-corrected chi connectivity index (χ1v) is 6.36. The van der Waals surface area contributed by atoms with Crippen molar-refractivity contribution < 1.29 is 4.74 Å². The van der Waals surface area contributed by atoms with Crippen LogP contribution in [0.25, 0.3) is 0 Å². The molecule has 94 valence electrons. The highest BCUT2D eigenvalue weighted by Gasteiger charge is 2.36. The molecule has 1 aromatic heterocycles. The molecule has 4 nitrogen and oxygen atoms in total. The van der Waals surface area contributed by atoms with Crippen LogP contribution < -0.4 is 5.56 Å². The summed E-state index contributed by atoms with van der Waals surface area (Å²) in [5, 5.41) is 0. The number of aryl methyl sites for hydroxylation is 1. The SMILES string of the molecule is CCc1cc(=O)[nH]c(C2(OC)CCCCC2)n1. The van der Waals surface area contributed by atoms with Gasteiger partial charge >= 0.3 is 0 Å². The summed E-state index contributed by atoms with van der Waals surface area (Å²) in [7, 11) is 1.71. The van der Waals surface area contributed by atoms with Gasteiger partial charge in [-0.3, -0.25) is 4.79 Å². The summed E-state index contributed by atoms with van der Waals surface area (Å²) >= 11 is 0. The van der Waals surface area contributed by atoms with Gasteiger partial charge in [0.2, 0.25) is 0 Å². The second kappa shape index (κ2) is 5.00. The maximum atomic E-state index is 11.6. The molecular weight excluding hydrogens is 216 g/mol. The van der Waals surface area contributed by atoms with Gasteiger partial charge in [0.1, 0.15) is 11.4 Å². The second-order valence-corrected chi connectivity index (χ2v) is 4.70. The van der Waals surface area contributed by atoms with E-state index >= 15 is 0 Å².